The highest BCUT2D eigenvalue weighted by molar-refractivity contribution is 7.89. The quantitative estimate of drug-likeness (QED) is 0.773. The van der Waals surface area contributed by atoms with Crippen LogP contribution in [0.5, 0.6) is 0 Å². The van der Waals surface area contributed by atoms with E-state index in [-0.39, 0.29) is 29.8 Å². The fraction of sp³-hybridized carbons (Fsp3) is 0.538. The second-order valence-electron chi connectivity index (χ2n) is 4.83. The SMILES string of the molecule is Cc1ccc(S(=O)(=O)N(CCCO)C(C)C)c(N)c1. The number of aryl methyl sites for hydroxylation is 1. The predicted octanol–water partition coefficient (Wildman–Crippen LogP) is 1.36. The fourth-order valence-electron chi connectivity index (χ4n) is 1.91. The minimum absolute atomic E-state index is 0.0396. The molecular weight excluding hydrogens is 264 g/mol. The van der Waals surface area contributed by atoms with Crippen LogP contribution in [0, 0.1) is 6.92 Å². The summed E-state index contributed by atoms with van der Waals surface area (Å²) in [5.41, 5.74) is 7.00. The Bertz CT molecular complexity index is 527. The third-order valence-electron chi connectivity index (χ3n) is 2.86. The van der Waals surface area contributed by atoms with Crippen molar-refractivity contribution >= 4 is 15.7 Å². The molecule has 0 radical (unpaired) electrons. The lowest BCUT2D eigenvalue weighted by Crippen LogP contribution is -2.38. The molecule has 0 saturated carbocycles. The summed E-state index contributed by atoms with van der Waals surface area (Å²) in [7, 11) is -3.62. The second kappa shape index (κ2) is 6.36. The van der Waals surface area contributed by atoms with E-state index in [0.29, 0.717) is 6.42 Å². The third-order valence-corrected chi connectivity index (χ3v) is 5.01. The Kier molecular flexibility index (Phi) is 5.34. The molecule has 108 valence electrons. The van der Waals surface area contributed by atoms with Gasteiger partial charge >= 0.3 is 0 Å². The van der Waals surface area contributed by atoms with Gasteiger partial charge in [0, 0.05) is 19.2 Å². The maximum absolute atomic E-state index is 12.6. The molecule has 0 saturated heterocycles. The average molecular weight is 286 g/mol. The van der Waals surface area contributed by atoms with Gasteiger partial charge in [-0.1, -0.05) is 6.07 Å². The number of benzene rings is 1. The van der Waals surface area contributed by atoms with Crippen LogP contribution in [0.25, 0.3) is 0 Å². The smallest absolute Gasteiger partial charge is 0.245 e. The van der Waals surface area contributed by atoms with Crippen molar-refractivity contribution in [3.05, 3.63) is 23.8 Å². The van der Waals surface area contributed by atoms with Crippen molar-refractivity contribution < 1.29 is 13.5 Å². The van der Waals surface area contributed by atoms with Gasteiger partial charge in [0.15, 0.2) is 0 Å². The van der Waals surface area contributed by atoms with Gasteiger partial charge in [-0.2, -0.15) is 4.31 Å². The lowest BCUT2D eigenvalue weighted by molar-refractivity contribution is 0.258. The van der Waals surface area contributed by atoms with Crippen molar-refractivity contribution in [3.8, 4) is 0 Å². The first-order valence-corrected chi connectivity index (χ1v) is 7.73. The molecule has 1 aromatic rings. The molecule has 0 heterocycles. The number of nitrogens with zero attached hydrogens (tertiary/aromatic N) is 1. The summed E-state index contributed by atoms with van der Waals surface area (Å²) in [5.74, 6) is 0. The second-order valence-corrected chi connectivity index (χ2v) is 6.69. The molecule has 0 aliphatic carbocycles. The molecule has 1 aromatic carbocycles. The first-order valence-electron chi connectivity index (χ1n) is 6.29. The lowest BCUT2D eigenvalue weighted by Gasteiger charge is -2.26. The lowest BCUT2D eigenvalue weighted by atomic mass is 10.2. The molecule has 3 N–H and O–H groups in total. The highest BCUT2D eigenvalue weighted by atomic mass is 32.2. The van der Waals surface area contributed by atoms with Crippen molar-refractivity contribution in [2.75, 3.05) is 18.9 Å². The Morgan fingerprint density at radius 1 is 1.37 bits per heavy atom. The Morgan fingerprint density at radius 2 is 2.00 bits per heavy atom. The van der Waals surface area contributed by atoms with Gasteiger partial charge in [0.2, 0.25) is 10.0 Å². The molecule has 19 heavy (non-hydrogen) atoms. The number of anilines is 1. The third kappa shape index (κ3) is 3.68. The molecule has 0 atom stereocenters. The van der Waals surface area contributed by atoms with E-state index in [0.717, 1.165) is 5.56 Å². The topological polar surface area (TPSA) is 83.6 Å². The summed E-state index contributed by atoms with van der Waals surface area (Å²) in [6.45, 7) is 5.71. The van der Waals surface area contributed by atoms with Crippen LogP contribution in [0.1, 0.15) is 25.8 Å². The van der Waals surface area contributed by atoms with Gasteiger partial charge in [-0.15, -0.1) is 0 Å². The normalized spacial score (nSPS) is 12.3. The summed E-state index contributed by atoms with van der Waals surface area (Å²) >= 11 is 0. The maximum atomic E-state index is 12.6. The predicted molar refractivity (Wildman–Crippen MR) is 76.3 cm³/mol. The number of rotatable bonds is 6. The van der Waals surface area contributed by atoms with Crippen LogP contribution in [0.15, 0.2) is 23.1 Å². The Labute approximate surface area is 115 Å². The van der Waals surface area contributed by atoms with E-state index in [1.54, 1.807) is 26.0 Å². The largest absolute Gasteiger partial charge is 0.398 e. The number of nitrogens with two attached hydrogens (primary N) is 1. The Balaban J connectivity index is 3.19. The average Bonchev–Trinajstić information content (AvgIpc) is 2.27. The van der Waals surface area contributed by atoms with Crippen molar-refractivity contribution in [2.45, 2.75) is 38.1 Å². The first-order chi connectivity index (χ1) is 8.80. The zero-order valence-electron chi connectivity index (χ0n) is 11.6. The summed E-state index contributed by atoms with van der Waals surface area (Å²) < 4.78 is 26.5. The van der Waals surface area contributed by atoms with Gasteiger partial charge < -0.3 is 10.8 Å². The van der Waals surface area contributed by atoms with E-state index in [4.69, 9.17) is 10.8 Å². The van der Waals surface area contributed by atoms with E-state index in [2.05, 4.69) is 0 Å². The van der Waals surface area contributed by atoms with E-state index in [1.165, 1.54) is 10.4 Å². The molecule has 6 heteroatoms. The Morgan fingerprint density at radius 3 is 2.47 bits per heavy atom. The highest BCUT2D eigenvalue weighted by Crippen LogP contribution is 2.24. The van der Waals surface area contributed by atoms with Gasteiger partial charge in [-0.05, 0) is 44.9 Å². The van der Waals surface area contributed by atoms with Crippen molar-refractivity contribution in [1.82, 2.24) is 4.31 Å². The number of sulfonamides is 1. The number of aliphatic hydroxyl groups is 1. The zero-order chi connectivity index (χ0) is 14.6. The number of hydrogen-bond donors (Lipinski definition) is 2. The number of hydrogen-bond acceptors (Lipinski definition) is 4. The molecule has 1 rings (SSSR count). The van der Waals surface area contributed by atoms with Gasteiger partial charge in [0.25, 0.3) is 0 Å². The van der Waals surface area contributed by atoms with Crippen LogP contribution in [-0.2, 0) is 10.0 Å². The minimum Gasteiger partial charge on any atom is -0.398 e. The van der Waals surface area contributed by atoms with Crippen molar-refractivity contribution in [1.29, 1.82) is 0 Å². The molecule has 0 unspecified atom stereocenters. The van der Waals surface area contributed by atoms with Crippen LogP contribution in [0.3, 0.4) is 0 Å². The van der Waals surface area contributed by atoms with Crippen LogP contribution in [0.2, 0.25) is 0 Å². The van der Waals surface area contributed by atoms with Gasteiger partial charge in [0.05, 0.1) is 5.69 Å². The standard InChI is InChI=1S/C13H22N2O3S/c1-10(2)15(7-4-8-16)19(17,18)13-6-5-11(3)9-12(13)14/h5-6,9-10,16H,4,7-8,14H2,1-3H3. The molecule has 0 aliphatic heterocycles. The first kappa shape index (κ1) is 15.9. The van der Waals surface area contributed by atoms with Gasteiger partial charge in [-0.25, -0.2) is 8.42 Å². The van der Waals surface area contributed by atoms with Gasteiger partial charge in [0.1, 0.15) is 4.90 Å². The summed E-state index contributed by atoms with van der Waals surface area (Å²) in [6, 6.07) is 4.73. The minimum atomic E-state index is -3.62. The van der Waals surface area contributed by atoms with Crippen LogP contribution in [-0.4, -0.2) is 37.0 Å². The molecule has 0 bridgehead atoms. The van der Waals surface area contributed by atoms with E-state index < -0.39 is 10.0 Å². The van der Waals surface area contributed by atoms with Gasteiger partial charge in [-0.3, -0.25) is 0 Å². The molecule has 0 amide bonds. The molecule has 0 aliphatic rings. The molecule has 0 spiro atoms. The molecule has 0 aromatic heterocycles. The van der Waals surface area contributed by atoms with Crippen LogP contribution in [0.4, 0.5) is 5.69 Å². The summed E-state index contributed by atoms with van der Waals surface area (Å²) in [6.07, 6.45) is 0.406. The van der Waals surface area contributed by atoms with E-state index in [9.17, 15) is 8.42 Å². The zero-order valence-corrected chi connectivity index (χ0v) is 12.4. The van der Waals surface area contributed by atoms with E-state index >= 15 is 0 Å². The maximum Gasteiger partial charge on any atom is 0.245 e. The van der Waals surface area contributed by atoms with Crippen LogP contribution >= 0.6 is 0 Å². The van der Waals surface area contributed by atoms with E-state index in [1.807, 2.05) is 6.92 Å². The monoisotopic (exact) mass is 286 g/mol. The van der Waals surface area contributed by atoms with Crippen LogP contribution < -0.4 is 5.73 Å². The Hall–Kier alpha value is -1.11. The summed E-state index contributed by atoms with van der Waals surface area (Å²) in [4.78, 5) is 0.129. The molecule has 5 nitrogen and oxygen atoms in total. The highest BCUT2D eigenvalue weighted by Gasteiger charge is 2.28. The van der Waals surface area contributed by atoms with Crippen molar-refractivity contribution in [2.24, 2.45) is 0 Å². The molecule has 0 fully saturated rings. The number of nitrogen functional groups attached to an aromatic ring is 1. The fourth-order valence-corrected chi connectivity index (χ4v) is 3.69. The molecular formula is C13H22N2O3S. The number of aliphatic hydroxyl groups excluding tert-OH is 1. The summed E-state index contributed by atoms with van der Waals surface area (Å²) in [5, 5.41) is 8.88. The van der Waals surface area contributed by atoms with Crippen molar-refractivity contribution in [3.63, 3.8) is 0 Å².